The van der Waals surface area contributed by atoms with E-state index in [-0.39, 0.29) is 7.03 Å². The lowest BCUT2D eigenvalue weighted by Crippen LogP contribution is -2.27. The van der Waals surface area contributed by atoms with Gasteiger partial charge in [-0.15, -0.1) is 6.58 Å². The molecule has 62 valence electrons. The smallest absolute Gasteiger partial charge is 0.0652 e. The summed E-state index contributed by atoms with van der Waals surface area (Å²) in [4.78, 5) is 0. The van der Waals surface area contributed by atoms with Gasteiger partial charge in [0.1, 0.15) is 0 Å². The van der Waals surface area contributed by atoms with E-state index < -0.39 is 0 Å². The zero-order chi connectivity index (χ0) is 8.04. The van der Waals surface area contributed by atoms with Crippen LogP contribution in [0.25, 0.3) is 0 Å². The van der Waals surface area contributed by atoms with Gasteiger partial charge in [-0.2, -0.15) is 0 Å². The maximum Gasteiger partial charge on any atom is 0.0652 e. The van der Waals surface area contributed by atoms with Crippen molar-refractivity contribution in [1.82, 2.24) is 0 Å². The second kappa shape index (κ2) is 4.47. The molecular formula is C8H19NO. The van der Waals surface area contributed by atoms with Crippen molar-refractivity contribution in [3.05, 3.63) is 12.7 Å². The van der Waals surface area contributed by atoms with E-state index >= 15 is 0 Å². The average molecular weight is 145 g/mol. The molecule has 0 atom stereocenters. The Bertz CT molecular complexity index is 104. The lowest BCUT2D eigenvalue weighted by molar-refractivity contribution is -0.00514. The maximum atomic E-state index is 5.42. The first-order valence-corrected chi connectivity index (χ1v) is 3.57. The van der Waals surface area contributed by atoms with Crippen molar-refractivity contribution < 1.29 is 6.16 Å². The van der Waals surface area contributed by atoms with Gasteiger partial charge in [0.25, 0.3) is 0 Å². The predicted octanol–water partition coefficient (Wildman–Crippen LogP) is 1.56. The monoisotopic (exact) mass is 145 g/mol. The topological polar surface area (TPSA) is 35.2 Å². The third kappa shape index (κ3) is 4.53. The third-order valence-corrected chi connectivity index (χ3v) is 1.34. The SMILES string of the molecule is C=CCOC(C)(C)CCN.[HH]. The minimum atomic E-state index is -0.0943. The normalized spacial score (nSPS) is 11.5. The standard InChI is InChI=1S/C8H17NO.H2/c1-4-7-10-8(2,3)5-6-9;/h4H,1,5-7,9H2,2-3H3;1H. The highest BCUT2D eigenvalue weighted by atomic mass is 16.5. The summed E-state index contributed by atoms with van der Waals surface area (Å²) in [5.41, 5.74) is 5.29. The molecule has 0 heterocycles. The Morgan fingerprint density at radius 3 is 2.70 bits per heavy atom. The van der Waals surface area contributed by atoms with Crippen LogP contribution in [0.1, 0.15) is 21.7 Å². The fraction of sp³-hybridized carbons (Fsp3) is 0.750. The molecule has 2 nitrogen and oxygen atoms in total. The van der Waals surface area contributed by atoms with Crippen LogP contribution in [-0.2, 0) is 4.74 Å². The highest BCUT2D eigenvalue weighted by Gasteiger charge is 2.15. The molecule has 0 saturated carbocycles. The highest BCUT2D eigenvalue weighted by molar-refractivity contribution is 4.73. The van der Waals surface area contributed by atoms with E-state index in [1.807, 2.05) is 13.8 Å². The van der Waals surface area contributed by atoms with Crippen molar-refractivity contribution in [3.8, 4) is 0 Å². The fourth-order valence-corrected chi connectivity index (χ4v) is 0.704. The van der Waals surface area contributed by atoms with E-state index in [1.165, 1.54) is 0 Å². The van der Waals surface area contributed by atoms with Gasteiger partial charge < -0.3 is 10.5 Å². The van der Waals surface area contributed by atoms with Crippen LogP contribution in [0, 0.1) is 0 Å². The van der Waals surface area contributed by atoms with Gasteiger partial charge in [0, 0.05) is 1.43 Å². The predicted molar refractivity (Wildman–Crippen MR) is 46.0 cm³/mol. The summed E-state index contributed by atoms with van der Waals surface area (Å²) >= 11 is 0. The van der Waals surface area contributed by atoms with Crippen molar-refractivity contribution >= 4 is 0 Å². The molecule has 0 aromatic carbocycles. The van der Waals surface area contributed by atoms with Crippen molar-refractivity contribution in [2.75, 3.05) is 13.2 Å². The number of nitrogens with two attached hydrogens (primary N) is 1. The summed E-state index contributed by atoms with van der Waals surface area (Å²) in [7, 11) is 0. The van der Waals surface area contributed by atoms with Crippen LogP contribution in [0.2, 0.25) is 0 Å². The molecule has 0 radical (unpaired) electrons. The second-order valence-electron chi connectivity index (χ2n) is 2.90. The zero-order valence-electron chi connectivity index (χ0n) is 6.89. The van der Waals surface area contributed by atoms with Crippen LogP contribution in [0.5, 0.6) is 0 Å². The molecule has 0 unspecified atom stereocenters. The zero-order valence-corrected chi connectivity index (χ0v) is 6.89. The van der Waals surface area contributed by atoms with Crippen molar-refractivity contribution in [2.24, 2.45) is 5.73 Å². The van der Waals surface area contributed by atoms with E-state index in [1.54, 1.807) is 6.08 Å². The molecule has 0 aromatic rings. The van der Waals surface area contributed by atoms with Crippen molar-refractivity contribution in [2.45, 2.75) is 25.9 Å². The molecule has 2 heteroatoms. The van der Waals surface area contributed by atoms with Gasteiger partial charge in [-0.3, -0.25) is 0 Å². The Balaban J connectivity index is 0. The minimum absolute atomic E-state index is 0. The Hall–Kier alpha value is -0.340. The lowest BCUT2D eigenvalue weighted by atomic mass is 10.1. The summed E-state index contributed by atoms with van der Waals surface area (Å²) in [5.74, 6) is 0. The Morgan fingerprint density at radius 2 is 2.30 bits per heavy atom. The Kier molecular flexibility index (Phi) is 4.32. The van der Waals surface area contributed by atoms with Gasteiger partial charge in [-0.25, -0.2) is 0 Å². The fourth-order valence-electron chi connectivity index (χ4n) is 0.704. The Morgan fingerprint density at radius 1 is 1.70 bits per heavy atom. The minimum Gasteiger partial charge on any atom is -0.371 e. The van der Waals surface area contributed by atoms with E-state index in [2.05, 4.69) is 6.58 Å². The van der Waals surface area contributed by atoms with Gasteiger partial charge >= 0.3 is 0 Å². The summed E-state index contributed by atoms with van der Waals surface area (Å²) in [6.45, 7) is 8.90. The van der Waals surface area contributed by atoms with Crippen LogP contribution in [0.4, 0.5) is 0 Å². The number of hydrogen-bond acceptors (Lipinski definition) is 2. The first kappa shape index (κ1) is 9.66. The third-order valence-electron chi connectivity index (χ3n) is 1.34. The van der Waals surface area contributed by atoms with E-state index in [4.69, 9.17) is 10.5 Å². The molecule has 0 spiro atoms. The molecular weight excluding hydrogens is 126 g/mol. The van der Waals surface area contributed by atoms with E-state index in [0.29, 0.717) is 13.2 Å². The molecule has 0 saturated heterocycles. The van der Waals surface area contributed by atoms with Gasteiger partial charge in [0.15, 0.2) is 0 Å². The summed E-state index contributed by atoms with van der Waals surface area (Å²) in [6, 6.07) is 0. The van der Waals surface area contributed by atoms with Crippen molar-refractivity contribution in [1.29, 1.82) is 0 Å². The van der Waals surface area contributed by atoms with E-state index in [9.17, 15) is 0 Å². The quantitative estimate of drug-likeness (QED) is 0.596. The number of rotatable bonds is 5. The van der Waals surface area contributed by atoms with Crippen LogP contribution < -0.4 is 5.73 Å². The highest BCUT2D eigenvalue weighted by Crippen LogP contribution is 2.12. The summed E-state index contributed by atoms with van der Waals surface area (Å²) in [5, 5.41) is 0. The first-order valence-electron chi connectivity index (χ1n) is 3.57. The van der Waals surface area contributed by atoms with Gasteiger partial charge in [-0.1, -0.05) is 6.08 Å². The second-order valence-corrected chi connectivity index (χ2v) is 2.90. The van der Waals surface area contributed by atoms with Crippen LogP contribution in [0.3, 0.4) is 0 Å². The molecule has 0 aliphatic rings. The summed E-state index contributed by atoms with van der Waals surface area (Å²) in [6.07, 6.45) is 2.64. The van der Waals surface area contributed by atoms with Gasteiger partial charge in [0.2, 0.25) is 0 Å². The van der Waals surface area contributed by atoms with Crippen LogP contribution in [-0.4, -0.2) is 18.8 Å². The lowest BCUT2D eigenvalue weighted by Gasteiger charge is -2.23. The number of ether oxygens (including phenoxy) is 1. The molecule has 0 aliphatic carbocycles. The van der Waals surface area contributed by atoms with Crippen LogP contribution >= 0.6 is 0 Å². The molecule has 2 N–H and O–H groups in total. The van der Waals surface area contributed by atoms with Crippen molar-refractivity contribution in [3.63, 3.8) is 0 Å². The van der Waals surface area contributed by atoms with Crippen LogP contribution in [0.15, 0.2) is 12.7 Å². The van der Waals surface area contributed by atoms with E-state index in [0.717, 1.165) is 6.42 Å². The first-order chi connectivity index (χ1) is 4.62. The number of hydrogen-bond donors (Lipinski definition) is 1. The molecule has 0 aromatic heterocycles. The summed E-state index contributed by atoms with van der Waals surface area (Å²) < 4.78 is 5.42. The Labute approximate surface area is 64.5 Å². The molecule has 10 heavy (non-hydrogen) atoms. The molecule has 0 aliphatic heterocycles. The average Bonchev–Trinajstić information content (AvgIpc) is 1.84. The van der Waals surface area contributed by atoms with Gasteiger partial charge in [-0.05, 0) is 26.8 Å². The molecule has 0 rings (SSSR count). The van der Waals surface area contributed by atoms with Gasteiger partial charge in [0.05, 0.1) is 12.2 Å². The molecule has 0 amide bonds. The maximum absolute atomic E-state index is 5.42. The largest absolute Gasteiger partial charge is 0.371 e. The molecule has 0 fully saturated rings. The molecule has 0 bridgehead atoms.